The number of carbonyl (C=O) groups is 3. The van der Waals surface area contributed by atoms with Gasteiger partial charge in [-0.3, -0.25) is 24.1 Å². The first-order chi connectivity index (χ1) is 15.8. The molecule has 8 nitrogen and oxygen atoms in total. The lowest BCUT2D eigenvalue weighted by Crippen LogP contribution is -2.42. The first-order valence-corrected chi connectivity index (χ1v) is 12.7. The number of fused-ring (bicyclic) bond motifs is 9. The van der Waals surface area contributed by atoms with Crippen LogP contribution in [-0.4, -0.2) is 58.7 Å². The van der Waals surface area contributed by atoms with Crippen molar-refractivity contribution < 1.29 is 19.5 Å². The number of amides is 2. The number of hydrogen-bond donors (Lipinski definition) is 2. The third-order valence-electron chi connectivity index (χ3n) is 7.88. The molecule has 172 valence electrons. The van der Waals surface area contributed by atoms with Crippen LogP contribution >= 0.6 is 23.1 Å². The molecular weight excluding hydrogens is 462 g/mol. The summed E-state index contributed by atoms with van der Waals surface area (Å²) < 4.78 is 0. The second-order valence-corrected chi connectivity index (χ2v) is 11.8. The maximum absolute atomic E-state index is 13.2. The van der Waals surface area contributed by atoms with E-state index in [9.17, 15) is 24.3 Å². The van der Waals surface area contributed by atoms with Crippen LogP contribution in [0.15, 0.2) is 34.1 Å². The number of anilines is 1. The van der Waals surface area contributed by atoms with Crippen molar-refractivity contribution >= 4 is 46.6 Å². The van der Waals surface area contributed by atoms with Crippen LogP contribution in [0.25, 0.3) is 0 Å². The molecule has 3 fully saturated rings. The van der Waals surface area contributed by atoms with E-state index >= 15 is 0 Å². The standard InChI is InChI=1S/C23H23N3O5S2/c1-25(2)10-5-3-9(4-6-10)14-15-11-7-12(18(15)32-20-19(14)33-23(31)24-20)17-16(11)21(29)26(22(17)30)8-13(27)28/h3-6,11-12,14-18H,7-8H2,1-2H3,(H,24,31)(H,27,28)/t11-,12+,14-,15+,16+,17+,18+/m0/s1. The lowest BCUT2D eigenvalue weighted by molar-refractivity contribution is -0.149. The molecule has 2 aromatic rings. The molecule has 0 radical (unpaired) electrons. The zero-order valence-electron chi connectivity index (χ0n) is 18.1. The SMILES string of the molecule is CN(C)c1ccc([C@@H]2c3sc(=O)[nH]c3S[C@@H]3[C@@H]4C[C@H]([C@H]5C(=O)N(CC(=O)O)C(=O)[C@H]45)[C@H]23)cc1. The molecule has 2 amide bonds. The Hall–Kier alpha value is -2.59. The van der Waals surface area contributed by atoms with Crippen molar-refractivity contribution in [1.82, 2.24) is 9.88 Å². The maximum Gasteiger partial charge on any atom is 0.323 e. The molecule has 1 saturated heterocycles. The molecule has 2 saturated carbocycles. The number of carbonyl (C=O) groups excluding carboxylic acids is 2. The van der Waals surface area contributed by atoms with Crippen LogP contribution in [0.5, 0.6) is 0 Å². The number of carboxylic acid groups (broad SMARTS) is 1. The van der Waals surface area contributed by atoms with Gasteiger partial charge in [0.2, 0.25) is 11.8 Å². The van der Waals surface area contributed by atoms with Gasteiger partial charge in [0, 0.05) is 35.8 Å². The first-order valence-electron chi connectivity index (χ1n) is 11.0. The molecule has 1 aromatic heterocycles. The molecule has 2 bridgehead atoms. The lowest BCUT2D eigenvalue weighted by Gasteiger charge is -2.43. The first kappa shape index (κ1) is 21.0. The number of nitrogens with zero attached hydrogens (tertiary/aromatic N) is 2. The van der Waals surface area contributed by atoms with Crippen molar-refractivity contribution in [3.63, 3.8) is 0 Å². The van der Waals surface area contributed by atoms with Gasteiger partial charge in [-0.1, -0.05) is 23.5 Å². The Morgan fingerprint density at radius 1 is 1.12 bits per heavy atom. The summed E-state index contributed by atoms with van der Waals surface area (Å²) in [4.78, 5) is 56.7. The quantitative estimate of drug-likeness (QED) is 0.638. The lowest BCUT2D eigenvalue weighted by atomic mass is 9.68. The predicted octanol–water partition coefficient (Wildman–Crippen LogP) is 2.06. The van der Waals surface area contributed by atoms with Crippen LogP contribution in [0.2, 0.25) is 0 Å². The number of benzene rings is 1. The van der Waals surface area contributed by atoms with Crippen LogP contribution < -0.4 is 9.77 Å². The maximum atomic E-state index is 13.2. The molecule has 3 heterocycles. The van der Waals surface area contributed by atoms with Crippen LogP contribution in [-0.2, 0) is 14.4 Å². The molecule has 33 heavy (non-hydrogen) atoms. The largest absolute Gasteiger partial charge is 0.480 e. The number of thiazole rings is 1. The second-order valence-electron chi connectivity index (χ2n) is 9.60. The molecule has 10 heteroatoms. The molecular formula is C23H23N3O5S2. The summed E-state index contributed by atoms with van der Waals surface area (Å²) in [6, 6.07) is 8.33. The number of nitrogens with one attached hydrogen (secondary N) is 1. The number of aliphatic carboxylic acids is 1. The van der Waals surface area contributed by atoms with E-state index in [1.165, 1.54) is 11.3 Å². The number of carboxylic acids is 1. The summed E-state index contributed by atoms with van der Waals surface area (Å²) >= 11 is 2.87. The Morgan fingerprint density at radius 2 is 1.79 bits per heavy atom. The zero-order valence-corrected chi connectivity index (χ0v) is 19.7. The predicted molar refractivity (Wildman–Crippen MR) is 124 cm³/mol. The Balaban J connectivity index is 1.43. The van der Waals surface area contributed by atoms with Crippen molar-refractivity contribution in [1.29, 1.82) is 0 Å². The molecule has 4 aliphatic rings. The Kier molecular flexibility index (Phi) is 4.58. The van der Waals surface area contributed by atoms with E-state index < -0.39 is 24.3 Å². The van der Waals surface area contributed by atoms with Gasteiger partial charge in [-0.05, 0) is 41.9 Å². The minimum atomic E-state index is -1.17. The van der Waals surface area contributed by atoms with Gasteiger partial charge in [0.25, 0.3) is 0 Å². The van der Waals surface area contributed by atoms with Gasteiger partial charge < -0.3 is 15.0 Å². The van der Waals surface area contributed by atoms with Gasteiger partial charge in [-0.25, -0.2) is 0 Å². The van der Waals surface area contributed by atoms with E-state index in [0.29, 0.717) is 0 Å². The van der Waals surface area contributed by atoms with Crippen LogP contribution in [0.4, 0.5) is 5.69 Å². The third kappa shape index (κ3) is 2.89. The van der Waals surface area contributed by atoms with Gasteiger partial charge in [0.05, 0.1) is 16.9 Å². The molecule has 1 aromatic carbocycles. The molecule has 6 rings (SSSR count). The molecule has 0 spiro atoms. The van der Waals surface area contributed by atoms with E-state index in [1.54, 1.807) is 11.8 Å². The Bertz CT molecular complexity index is 1240. The summed E-state index contributed by atoms with van der Waals surface area (Å²) in [5.74, 6) is -2.65. The molecule has 2 aliphatic heterocycles. The number of imide groups is 1. The fourth-order valence-corrected chi connectivity index (χ4v) is 9.61. The second kappa shape index (κ2) is 7.20. The van der Waals surface area contributed by atoms with Gasteiger partial charge in [-0.2, -0.15) is 0 Å². The fourth-order valence-electron chi connectivity index (χ4n) is 6.72. The van der Waals surface area contributed by atoms with E-state index in [-0.39, 0.29) is 45.6 Å². The topological polar surface area (TPSA) is 111 Å². The fraction of sp³-hybridized carbons (Fsp3) is 0.478. The number of hydrogen-bond acceptors (Lipinski definition) is 7. The van der Waals surface area contributed by atoms with Crippen molar-refractivity contribution in [2.75, 3.05) is 25.5 Å². The van der Waals surface area contributed by atoms with E-state index in [1.807, 2.05) is 19.0 Å². The van der Waals surface area contributed by atoms with Crippen LogP contribution in [0, 0.1) is 29.6 Å². The highest BCUT2D eigenvalue weighted by Crippen LogP contribution is 2.68. The Morgan fingerprint density at radius 3 is 2.42 bits per heavy atom. The van der Waals surface area contributed by atoms with Crippen molar-refractivity contribution in [2.24, 2.45) is 29.6 Å². The monoisotopic (exact) mass is 485 g/mol. The van der Waals surface area contributed by atoms with Crippen LogP contribution in [0.3, 0.4) is 0 Å². The molecule has 2 aliphatic carbocycles. The highest BCUT2D eigenvalue weighted by Gasteiger charge is 2.69. The average molecular weight is 486 g/mol. The molecule has 7 atom stereocenters. The highest BCUT2D eigenvalue weighted by atomic mass is 32.2. The third-order valence-corrected chi connectivity index (χ3v) is 10.5. The summed E-state index contributed by atoms with van der Waals surface area (Å²) in [5.41, 5.74) is 2.19. The average Bonchev–Trinajstić information content (AvgIpc) is 3.49. The van der Waals surface area contributed by atoms with Gasteiger partial charge in [0.1, 0.15) is 6.54 Å². The van der Waals surface area contributed by atoms with Gasteiger partial charge >= 0.3 is 10.8 Å². The van der Waals surface area contributed by atoms with Crippen molar-refractivity contribution in [3.8, 4) is 0 Å². The zero-order chi connectivity index (χ0) is 23.2. The minimum absolute atomic E-state index is 0.00313. The number of aromatic amines is 1. The number of H-pyrrole nitrogens is 1. The van der Waals surface area contributed by atoms with E-state index in [4.69, 9.17) is 0 Å². The summed E-state index contributed by atoms with van der Waals surface area (Å²) in [6.45, 7) is -0.567. The van der Waals surface area contributed by atoms with Crippen LogP contribution in [0.1, 0.15) is 22.8 Å². The number of thioether (sulfide) groups is 1. The van der Waals surface area contributed by atoms with E-state index in [0.717, 1.165) is 32.5 Å². The minimum Gasteiger partial charge on any atom is -0.480 e. The highest BCUT2D eigenvalue weighted by molar-refractivity contribution is 8.00. The van der Waals surface area contributed by atoms with Crippen molar-refractivity contribution in [3.05, 3.63) is 44.4 Å². The summed E-state index contributed by atoms with van der Waals surface area (Å²) in [5, 5.41) is 10.2. The molecule has 2 N–H and O–H groups in total. The molecule has 0 unspecified atom stereocenters. The number of aromatic nitrogens is 1. The van der Waals surface area contributed by atoms with E-state index in [2.05, 4.69) is 29.2 Å². The van der Waals surface area contributed by atoms with Crippen molar-refractivity contribution in [2.45, 2.75) is 22.6 Å². The van der Waals surface area contributed by atoms with Gasteiger partial charge in [0.15, 0.2) is 0 Å². The Labute approximate surface area is 198 Å². The van der Waals surface area contributed by atoms with Gasteiger partial charge in [-0.15, -0.1) is 11.8 Å². The number of likely N-dealkylation sites (tertiary alicyclic amines) is 1. The summed E-state index contributed by atoms with van der Waals surface area (Å²) in [6.07, 6.45) is 0.793. The summed E-state index contributed by atoms with van der Waals surface area (Å²) in [7, 11) is 3.97. The smallest absolute Gasteiger partial charge is 0.323 e. The normalized spacial score (nSPS) is 33.8. The number of rotatable bonds is 4.